The molecule has 0 heterocycles. The molecule has 0 aromatic rings. The molecular formula is C11H19O2+. The Morgan fingerprint density at radius 3 is 2.62 bits per heavy atom. The van der Waals surface area contributed by atoms with Crippen LogP contribution in [0.15, 0.2) is 12.2 Å². The minimum atomic E-state index is -0.829. The molecule has 0 aromatic carbocycles. The maximum absolute atomic E-state index is 10.4. The van der Waals surface area contributed by atoms with Gasteiger partial charge in [0.25, 0.3) is 0 Å². The number of unbranched alkanes of at least 4 members (excludes halogenated alkanes) is 4. The summed E-state index contributed by atoms with van der Waals surface area (Å²) in [6.07, 6.45) is 9.54. The Morgan fingerprint density at radius 1 is 1.38 bits per heavy atom. The fraction of sp³-hybridized carbons (Fsp3) is 0.636. The molecule has 0 radical (unpaired) electrons. The van der Waals surface area contributed by atoms with Gasteiger partial charge in [0.05, 0.1) is 0 Å². The Kier molecular flexibility index (Phi) is 7.17. The van der Waals surface area contributed by atoms with Crippen molar-refractivity contribution in [2.45, 2.75) is 46.0 Å². The molecule has 0 bridgehead atoms. The van der Waals surface area contributed by atoms with Crippen LogP contribution in [0.25, 0.3) is 0 Å². The Hall–Kier alpha value is -0.920. The SMILES string of the molecule is CCCCCC/C=C/[C+](C)C(=O)O. The summed E-state index contributed by atoms with van der Waals surface area (Å²) >= 11 is 0. The normalized spacial score (nSPS) is 10.6. The van der Waals surface area contributed by atoms with E-state index in [4.69, 9.17) is 5.11 Å². The van der Waals surface area contributed by atoms with Crippen LogP contribution < -0.4 is 0 Å². The molecule has 0 aliphatic rings. The molecule has 2 heteroatoms. The summed E-state index contributed by atoms with van der Waals surface area (Å²) in [5.74, 6) is -0.416. The molecule has 0 rings (SSSR count). The number of aliphatic carboxylic acids is 1. The summed E-state index contributed by atoms with van der Waals surface area (Å²) in [7, 11) is 0. The van der Waals surface area contributed by atoms with Gasteiger partial charge in [0.1, 0.15) is 6.08 Å². The molecule has 0 spiro atoms. The largest absolute Gasteiger partial charge is 0.463 e. The van der Waals surface area contributed by atoms with Crippen molar-refractivity contribution in [1.82, 2.24) is 0 Å². The fourth-order valence-corrected chi connectivity index (χ4v) is 1.02. The molecule has 0 atom stereocenters. The van der Waals surface area contributed by atoms with Crippen molar-refractivity contribution in [3.8, 4) is 0 Å². The lowest BCUT2D eigenvalue weighted by molar-refractivity contribution is -0.134. The molecule has 0 saturated carbocycles. The van der Waals surface area contributed by atoms with E-state index in [0.717, 1.165) is 12.8 Å². The highest BCUT2D eigenvalue weighted by molar-refractivity contribution is 5.84. The van der Waals surface area contributed by atoms with Gasteiger partial charge in [-0.05, 0) is 6.42 Å². The van der Waals surface area contributed by atoms with E-state index in [2.05, 4.69) is 6.92 Å². The summed E-state index contributed by atoms with van der Waals surface area (Å²) in [4.78, 5) is 10.4. The van der Waals surface area contributed by atoms with Gasteiger partial charge in [-0.3, -0.25) is 0 Å². The number of carbonyl (C=O) groups is 1. The average Bonchev–Trinajstić information content (AvgIpc) is 2.10. The molecule has 0 amide bonds. The summed E-state index contributed by atoms with van der Waals surface area (Å²) in [6, 6.07) is 0. The minimum absolute atomic E-state index is 0.412. The van der Waals surface area contributed by atoms with Gasteiger partial charge >= 0.3 is 5.97 Å². The Bertz CT molecular complexity index is 161. The smallest absolute Gasteiger partial charge is 0.416 e. The van der Waals surface area contributed by atoms with Crippen molar-refractivity contribution in [3.05, 3.63) is 18.1 Å². The highest BCUT2D eigenvalue weighted by atomic mass is 16.4. The van der Waals surface area contributed by atoms with Gasteiger partial charge in [0.2, 0.25) is 0 Å². The van der Waals surface area contributed by atoms with Crippen LogP contribution in [0.2, 0.25) is 0 Å². The fourth-order valence-electron chi connectivity index (χ4n) is 1.02. The van der Waals surface area contributed by atoms with E-state index in [0.29, 0.717) is 5.92 Å². The van der Waals surface area contributed by atoms with Gasteiger partial charge in [-0.25, -0.2) is 4.79 Å². The molecule has 2 nitrogen and oxygen atoms in total. The zero-order valence-electron chi connectivity index (χ0n) is 8.55. The molecule has 0 aliphatic heterocycles. The molecule has 0 unspecified atom stereocenters. The van der Waals surface area contributed by atoms with Crippen LogP contribution in [0, 0.1) is 5.92 Å². The third kappa shape index (κ3) is 7.44. The average molecular weight is 183 g/mol. The van der Waals surface area contributed by atoms with Crippen molar-refractivity contribution < 1.29 is 9.90 Å². The lowest BCUT2D eigenvalue weighted by Crippen LogP contribution is -2.02. The molecule has 1 N–H and O–H groups in total. The van der Waals surface area contributed by atoms with E-state index in [-0.39, 0.29) is 0 Å². The standard InChI is InChI=1S/C11H18O2/c1-3-4-5-6-7-8-9-10(2)11(12)13/h8-9H,3-7H2,1-2H3/p+1/b9-8+. The highest BCUT2D eigenvalue weighted by Crippen LogP contribution is 2.05. The topological polar surface area (TPSA) is 37.3 Å². The first-order valence-corrected chi connectivity index (χ1v) is 4.92. The summed E-state index contributed by atoms with van der Waals surface area (Å²) in [5.41, 5.74) is 0. The van der Waals surface area contributed by atoms with Crippen LogP contribution in [0.5, 0.6) is 0 Å². The summed E-state index contributed by atoms with van der Waals surface area (Å²) in [6.45, 7) is 3.79. The highest BCUT2D eigenvalue weighted by Gasteiger charge is 2.14. The first kappa shape index (κ1) is 12.1. The van der Waals surface area contributed by atoms with Crippen LogP contribution in [-0.4, -0.2) is 11.1 Å². The Balaban J connectivity index is 3.35. The lowest BCUT2D eigenvalue weighted by atomic mass is 10.1. The van der Waals surface area contributed by atoms with E-state index >= 15 is 0 Å². The van der Waals surface area contributed by atoms with Crippen molar-refractivity contribution in [3.63, 3.8) is 0 Å². The van der Waals surface area contributed by atoms with E-state index in [9.17, 15) is 4.79 Å². The van der Waals surface area contributed by atoms with Gasteiger partial charge in [0.15, 0.2) is 5.92 Å². The quantitative estimate of drug-likeness (QED) is 0.486. The van der Waals surface area contributed by atoms with Crippen LogP contribution >= 0.6 is 0 Å². The molecule has 13 heavy (non-hydrogen) atoms. The van der Waals surface area contributed by atoms with Gasteiger partial charge in [-0.15, -0.1) is 0 Å². The third-order valence-electron chi connectivity index (χ3n) is 1.93. The third-order valence-corrected chi connectivity index (χ3v) is 1.93. The number of hydrogen-bond donors (Lipinski definition) is 1. The molecule has 74 valence electrons. The number of carboxylic acids is 1. The predicted octanol–water partition coefficient (Wildman–Crippen LogP) is 3.19. The van der Waals surface area contributed by atoms with E-state index in [1.807, 2.05) is 6.08 Å². The van der Waals surface area contributed by atoms with E-state index < -0.39 is 5.97 Å². The first-order valence-electron chi connectivity index (χ1n) is 4.92. The number of hydrogen-bond acceptors (Lipinski definition) is 1. The minimum Gasteiger partial charge on any atom is -0.463 e. The van der Waals surface area contributed by atoms with Gasteiger partial charge in [-0.1, -0.05) is 26.2 Å². The molecular weight excluding hydrogens is 164 g/mol. The zero-order valence-corrected chi connectivity index (χ0v) is 8.55. The second-order valence-electron chi connectivity index (χ2n) is 3.24. The molecule has 0 aromatic heterocycles. The molecule has 0 saturated heterocycles. The van der Waals surface area contributed by atoms with Gasteiger partial charge < -0.3 is 5.11 Å². The maximum Gasteiger partial charge on any atom is 0.416 e. The van der Waals surface area contributed by atoms with E-state index in [1.165, 1.54) is 19.3 Å². The second-order valence-corrected chi connectivity index (χ2v) is 3.24. The zero-order chi connectivity index (χ0) is 10.1. The van der Waals surface area contributed by atoms with Crippen molar-refractivity contribution in [2.24, 2.45) is 0 Å². The van der Waals surface area contributed by atoms with Crippen LogP contribution in [-0.2, 0) is 4.79 Å². The van der Waals surface area contributed by atoms with Crippen LogP contribution in [0.1, 0.15) is 46.0 Å². The maximum atomic E-state index is 10.4. The molecule has 0 aliphatic carbocycles. The summed E-state index contributed by atoms with van der Waals surface area (Å²) < 4.78 is 0. The number of allylic oxidation sites excluding steroid dienone is 1. The number of carboxylic acid groups (broad SMARTS) is 1. The van der Waals surface area contributed by atoms with Crippen molar-refractivity contribution in [1.29, 1.82) is 0 Å². The second kappa shape index (κ2) is 7.71. The number of rotatable bonds is 7. The Morgan fingerprint density at radius 2 is 2.08 bits per heavy atom. The van der Waals surface area contributed by atoms with Gasteiger partial charge in [-0.2, -0.15) is 0 Å². The predicted molar refractivity (Wildman–Crippen MR) is 54.5 cm³/mol. The molecule has 0 fully saturated rings. The van der Waals surface area contributed by atoms with Gasteiger partial charge in [0, 0.05) is 19.4 Å². The van der Waals surface area contributed by atoms with Crippen LogP contribution in [0.4, 0.5) is 0 Å². The lowest BCUT2D eigenvalue weighted by Gasteiger charge is -1.91. The van der Waals surface area contributed by atoms with Crippen LogP contribution in [0.3, 0.4) is 0 Å². The Labute approximate surface area is 80.7 Å². The van der Waals surface area contributed by atoms with Crippen molar-refractivity contribution >= 4 is 5.97 Å². The summed E-state index contributed by atoms with van der Waals surface area (Å²) in [5, 5.41) is 8.53. The van der Waals surface area contributed by atoms with Crippen molar-refractivity contribution in [2.75, 3.05) is 0 Å². The first-order chi connectivity index (χ1) is 6.18. The monoisotopic (exact) mass is 183 g/mol. The van der Waals surface area contributed by atoms with E-state index in [1.54, 1.807) is 13.0 Å².